The Morgan fingerprint density at radius 3 is 2.71 bits per heavy atom. The van der Waals surface area contributed by atoms with Crippen molar-refractivity contribution in [2.24, 2.45) is 5.73 Å². The van der Waals surface area contributed by atoms with Crippen LogP contribution in [-0.4, -0.2) is 22.4 Å². The van der Waals surface area contributed by atoms with E-state index in [1.807, 2.05) is 6.07 Å². The number of aliphatic hydroxyl groups excluding tert-OH is 1. The van der Waals surface area contributed by atoms with E-state index in [-0.39, 0.29) is 11.8 Å². The second-order valence-corrected chi connectivity index (χ2v) is 3.64. The monoisotopic (exact) mass is 195 g/mol. The van der Waals surface area contributed by atoms with E-state index in [0.29, 0.717) is 6.42 Å². The number of aryl methyl sites for hydroxylation is 1. The van der Waals surface area contributed by atoms with Crippen LogP contribution in [0.5, 0.6) is 5.75 Å². The summed E-state index contributed by atoms with van der Waals surface area (Å²) in [6.45, 7) is 1.78. The van der Waals surface area contributed by atoms with Crippen LogP contribution in [0.25, 0.3) is 0 Å². The van der Waals surface area contributed by atoms with Gasteiger partial charge in [-0.1, -0.05) is 12.1 Å². The Morgan fingerprint density at radius 1 is 1.43 bits per heavy atom. The highest BCUT2D eigenvalue weighted by Crippen LogP contribution is 2.13. The van der Waals surface area contributed by atoms with Crippen LogP contribution in [0, 0.1) is 0 Å². The van der Waals surface area contributed by atoms with E-state index in [1.165, 1.54) is 0 Å². The minimum absolute atomic E-state index is 0.202. The van der Waals surface area contributed by atoms with Gasteiger partial charge in [0.25, 0.3) is 0 Å². The Hall–Kier alpha value is -1.06. The number of aliphatic hydroxyl groups is 1. The number of hydrogen-bond donors (Lipinski definition) is 3. The molecule has 1 aromatic rings. The molecule has 4 N–H and O–H groups in total. The van der Waals surface area contributed by atoms with Gasteiger partial charge in [0.15, 0.2) is 0 Å². The molecule has 0 spiro atoms. The third-order valence-corrected chi connectivity index (χ3v) is 2.25. The maximum absolute atomic E-state index is 9.47. The maximum Gasteiger partial charge on any atom is 0.115 e. The Labute approximate surface area is 84.2 Å². The molecule has 2 unspecified atom stereocenters. The fraction of sp³-hybridized carbons (Fsp3) is 0.455. The van der Waals surface area contributed by atoms with Crippen molar-refractivity contribution in [1.29, 1.82) is 0 Å². The Bertz CT molecular complexity index is 286. The van der Waals surface area contributed by atoms with Crippen molar-refractivity contribution in [1.82, 2.24) is 0 Å². The van der Waals surface area contributed by atoms with Crippen LogP contribution in [0.1, 0.15) is 18.9 Å². The summed E-state index contributed by atoms with van der Waals surface area (Å²) in [6, 6.07) is 6.85. The van der Waals surface area contributed by atoms with Gasteiger partial charge < -0.3 is 15.9 Å². The summed E-state index contributed by atoms with van der Waals surface area (Å²) in [7, 11) is 0. The highest BCUT2D eigenvalue weighted by Gasteiger charge is 2.09. The average Bonchev–Trinajstić information content (AvgIpc) is 2.14. The lowest BCUT2D eigenvalue weighted by Crippen LogP contribution is -2.31. The lowest BCUT2D eigenvalue weighted by molar-refractivity contribution is 0.141. The van der Waals surface area contributed by atoms with Crippen LogP contribution < -0.4 is 5.73 Å². The van der Waals surface area contributed by atoms with Crippen LogP contribution in [0.3, 0.4) is 0 Å². The summed E-state index contributed by atoms with van der Waals surface area (Å²) >= 11 is 0. The molecule has 3 nitrogen and oxygen atoms in total. The van der Waals surface area contributed by atoms with Crippen LogP contribution in [0.4, 0.5) is 0 Å². The molecule has 0 aliphatic rings. The Morgan fingerprint density at radius 2 is 2.14 bits per heavy atom. The number of nitrogens with two attached hydrogens (primary N) is 1. The summed E-state index contributed by atoms with van der Waals surface area (Å²) in [5.41, 5.74) is 6.55. The van der Waals surface area contributed by atoms with E-state index in [2.05, 4.69) is 0 Å². The minimum atomic E-state index is -0.475. The molecule has 78 valence electrons. The SMILES string of the molecule is CC(N)C(O)CCc1cccc(O)c1. The average molecular weight is 195 g/mol. The van der Waals surface area contributed by atoms with Crippen molar-refractivity contribution >= 4 is 0 Å². The molecular weight excluding hydrogens is 178 g/mol. The third-order valence-electron chi connectivity index (χ3n) is 2.25. The molecule has 0 saturated heterocycles. The van der Waals surface area contributed by atoms with Gasteiger partial charge >= 0.3 is 0 Å². The highest BCUT2D eigenvalue weighted by molar-refractivity contribution is 5.27. The largest absolute Gasteiger partial charge is 0.508 e. The number of rotatable bonds is 4. The van der Waals surface area contributed by atoms with Crippen LogP contribution in [0.2, 0.25) is 0 Å². The molecule has 0 amide bonds. The predicted octanol–water partition coefficient (Wildman–Crippen LogP) is 1.03. The van der Waals surface area contributed by atoms with Crippen molar-refractivity contribution < 1.29 is 10.2 Å². The van der Waals surface area contributed by atoms with E-state index in [1.54, 1.807) is 25.1 Å². The predicted molar refractivity (Wildman–Crippen MR) is 56.1 cm³/mol. The number of hydrogen-bond acceptors (Lipinski definition) is 3. The topological polar surface area (TPSA) is 66.5 Å². The zero-order valence-electron chi connectivity index (χ0n) is 8.35. The quantitative estimate of drug-likeness (QED) is 0.672. The summed E-state index contributed by atoms with van der Waals surface area (Å²) in [5.74, 6) is 0.262. The second-order valence-electron chi connectivity index (χ2n) is 3.64. The first-order valence-corrected chi connectivity index (χ1v) is 4.81. The molecule has 0 bridgehead atoms. The van der Waals surface area contributed by atoms with Crippen molar-refractivity contribution in [3.63, 3.8) is 0 Å². The molecule has 1 rings (SSSR count). The van der Waals surface area contributed by atoms with Gasteiger partial charge in [0.2, 0.25) is 0 Å². The number of benzene rings is 1. The first-order valence-electron chi connectivity index (χ1n) is 4.81. The highest BCUT2D eigenvalue weighted by atomic mass is 16.3. The van der Waals surface area contributed by atoms with Gasteiger partial charge in [-0.2, -0.15) is 0 Å². The van der Waals surface area contributed by atoms with Gasteiger partial charge in [-0.15, -0.1) is 0 Å². The molecule has 0 aromatic heterocycles. The summed E-state index contributed by atoms with van der Waals surface area (Å²) < 4.78 is 0. The van der Waals surface area contributed by atoms with Gasteiger partial charge in [0, 0.05) is 6.04 Å². The zero-order valence-corrected chi connectivity index (χ0v) is 8.35. The molecule has 0 fully saturated rings. The van der Waals surface area contributed by atoms with E-state index < -0.39 is 6.10 Å². The number of phenols is 1. The molecule has 0 saturated carbocycles. The van der Waals surface area contributed by atoms with E-state index >= 15 is 0 Å². The van der Waals surface area contributed by atoms with Gasteiger partial charge in [0.05, 0.1) is 6.10 Å². The van der Waals surface area contributed by atoms with E-state index in [0.717, 1.165) is 12.0 Å². The van der Waals surface area contributed by atoms with Crippen LogP contribution in [-0.2, 0) is 6.42 Å². The first kappa shape index (κ1) is 11.0. The fourth-order valence-electron chi connectivity index (χ4n) is 1.29. The van der Waals surface area contributed by atoms with Gasteiger partial charge in [-0.3, -0.25) is 0 Å². The van der Waals surface area contributed by atoms with E-state index in [4.69, 9.17) is 5.73 Å². The zero-order chi connectivity index (χ0) is 10.6. The molecule has 3 heteroatoms. The molecule has 0 heterocycles. The first-order chi connectivity index (χ1) is 6.59. The summed E-state index contributed by atoms with van der Waals surface area (Å²) in [5, 5.41) is 18.7. The molecule has 14 heavy (non-hydrogen) atoms. The smallest absolute Gasteiger partial charge is 0.115 e. The molecule has 1 aromatic carbocycles. The third kappa shape index (κ3) is 3.36. The van der Waals surface area contributed by atoms with Gasteiger partial charge in [-0.05, 0) is 37.5 Å². The van der Waals surface area contributed by atoms with Crippen molar-refractivity contribution in [3.05, 3.63) is 29.8 Å². The Balaban J connectivity index is 2.45. The van der Waals surface area contributed by atoms with Crippen LogP contribution >= 0.6 is 0 Å². The Kier molecular flexibility index (Phi) is 3.92. The maximum atomic E-state index is 9.47. The lowest BCUT2D eigenvalue weighted by atomic mass is 10.0. The normalized spacial score (nSPS) is 15.1. The minimum Gasteiger partial charge on any atom is -0.508 e. The molecular formula is C11H17NO2. The van der Waals surface area contributed by atoms with Gasteiger partial charge in [-0.25, -0.2) is 0 Å². The number of phenolic OH excluding ortho intramolecular Hbond substituents is 1. The standard InChI is InChI=1S/C11H17NO2/c1-8(12)11(14)6-5-9-3-2-4-10(13)7-9/h2-4,7-8,11,13-14H,5-6,12H2,1H3. The fourth-order valence-corrected chi connectivity index (χ4v) is 1.29. The summed E-state index contributed by atoms with van der Waals surface area (Å²) in [4.78, 5) is 0. The molecule has 0 aliphatic heterocycles. The van der Waals surface area contributed by atoms with Crippen molar-refractivity contribution in [2.75, 3.05) is 0 Å². The second kappa shape index (κ2) is 4.98. The van der Waals surface area contributed by atoms with Crippen molar-refractivity contribution in [3.8, 4) is 5.75 Å². The van der Waals surface area contributed by atoms with Crippen LogP contribution in [0.15, 0.2) is 24.3 Å². The number of aromatic hydroxyl groups is 1. The molecule has 2 atom stereocenters. The summed E-state index contributed by atoms with van der Waals surface area (Å²) in [6.07, 6.45) is 0.885. The molecule has 0 radical (unpaired) electrons. The van der Waals surface area contributed by atoms with E-state index in [9.17, 15) is 10.2 Å². The van der Waals surface area contributed by atoms with Gasteiger partial charge in [0.1, 0.15) is 5.75 Å². The van der Waals surface area contributed by atoms with Crippen molar-refractivity contribution in [2.45, 2.75) is 31.9 Å². The molecule has 0 aliphatic carbocycles. The lowest BCUT2D eigenvalue weighted by Gasteiger charge is -2.13.